The van der Waals surface area contributed by atoms with Crippen LogP contribution < -0.4 is 5.32 Å². The van der Waals surface area contributed by atoms with Crippen LogP contribution in [0.3, 0.4) is 0 Å². The van der Waals surface area contributed by atoms with Gasteiger partial charge in [0.1, 0.15) is 0 Å². The molecule has 1 aliphatic carbocycles. The topological polar surface area (TPSA) is 21.3 Å². The molecule has 1 unspecified atom stereocenters. The van der Waals surface area contributed by atoms with Crippen LogP contribution in [0.4, 0.5) is 0 Å². The average molecular weight is 213 g/mol. The van der Waals surface area contributed by atoms with Crippen LogP contribution in [0.5, 0.6) is 0 Å². The summed E-state index contributed by atoms with van der Waals surface area (Å²) >= 11 is 0. The summed E-state index contributed by atoms with van der Waals surface area (Å²) in [6, 6.07) is 0.555. The molecule has 1 aliphatic rings. The van der Waals surface area contributed by atoms with Crippen molar-refractivity contribution >= 4 is 0 Å². The minimum atomic E-state index is 0.350. The van der Waals surface area contributed by atoms with Gasteiger partial charge in [-0.3, -0.25) is 0 Å². The monoisotopic (exact) mass is 213 g/mol. The molecule has 2 nitrogen and oxygen atoms in total. The molecule has 0 spiro atoms. The van der Waals surface area contributed by atoms with Crippen molar-refractivity contribution in [3.63, 3.8) is 0 Å². The average Bonchev–Trinajstić information content (AvgIpc) is 2.21. The maximum absolute atomic E-state index is 5.71. The van der Waals surface area contributed by atoms with Crippen LogP contribution in [0.15, 0.2) is 0 Å². The van der Waals surface area contributed by atoms with Crippen molar-refractivity contribution in [2.75, 3.05) is 13.7 Å². The second-order valence-corrected chi connectivity index (χ2v) is 5.30. The second-order valence-electron chi connectivity index (χ2n) is 5.30. The number of nitrogens with one attached hydrogen (secondary N) is 1. The van der Waals surface area contributed by atoms with Crippen LogP contribution in [0.1, 0.15) is 46.5 Å². The number of likely N-dealkylation sites (N-methyl/N-ethyl adjacent to an activating group) is 1. The summed E-state index contributed by atoms with van der Waals surface area (Å²) in [5, 5.41) is 3.42. The highest BCUT2D eigenvalue weighted by Gasteiger charge is 2.25. The Balaban J connectivity index is 2.31. The van der Waals surface area contributed by atoms with Crippen molar-refractivity contribution in [1.82, 2.24) is 5.32 Å². The summed E-state index contributed by atoms with van der Waals surface area (Å²) in [5.41, 5.74) is 0. The molecule has 0 radical (unpaired) electrons. The Labute approximate surface area is 94.8 Å². The molecule has 1 saturated carbocycles. The fourth-order valence-electron chi connectivity index (χ4n) is 2.44. The number of ether oxygens (including phenoxy) is 1. The van der Waals surface area contributed by atoms with Crippen molar-refractivity contribution in [3.05, 3.63) is 0 Å². The van der Waals surface area contributed by atoms with E-state index in [1.165, 1.54) is 25.7 Å². The van der Waals surface area contributed by atoms with E-state index in [4.69, 9.17) is 4.74 Å². The number of hydrogen-bond donors (Lipinski definition) is 1. The maximum Gasteiger partial charge on any atom is 0.0625 e. The van der Waals surface area contributed by atoms with Gasteiger partial charge in [-0.1, -0.05) is 19.8 Å². The van der Waals surface area contributed by atoms with Gasteiger partial charge in [0.15, 0.2) is 0 Å². The summed E-state index contributed by atoms with van der Waals surface area (Å²) in [5.74, 6) is 1.76. The van der Waals surface area contributed by atoms with E-state index < -0.39 is 0 Å². The molecule has 0 aromatic carbocycles. The van der Waals surface area contributed by atoms with Crippen molar-refractivity contribution in [2.24, 2.45) is 11.8 Å². The standard InChI is InChI=1S/C13H27NO/c1-10(2)15-9-13(14-4)12-7-5-11(3)6-8-12/h10-14H,5-9H2,1-4H3. The Kier molecular flexibility index (Phi) is 5.62. The number of hydrogen-bond acceptors (Lipinski definition) is 2. The quantitative estimate of drug-likeness (QED) is 0.758. The molecule has 1 atom stereocenters. The van der Waals surface area contributed by atoms with E-state index in [9.17, 15) is 0 Å². The lowest BCUT2D eigenvalue weighted by atomic mass is 9.79. The van der Waals surface area contributed by atoms with E-state index in [-0.39, 0.29) is 0 Å². The van der Waals surface area contributed by atoms with E-state index in [0.717, 1.165) is 18.4 Å². The zero-order valence-corrected chi connectivity index (χ0v) is 10.8. The lowest BCUT2D eigenvalue weighted by molar-refractivity contribution is 0.0427. The van der Waals surface area contributed by atoms with E-state index >= 15 is 0 Å². The molecular formula is C13H27NO. The first-order valence-electron chi connectivity index (χ1n) is 6.42. The second kappa shape index (κ2) is 6.49. The highest BCUT2D eigenvalue weighted by molar-refractivity contribution is 4.80. The molecule has 0 heterocycles. The summed E-state index contributed by atoms with van der Waals surface area (Å²) < 4.78 is 5.71. The van der Waals surface area contributed by atoms with Crippen molar-refractivity contribution in [1.29, 1.82) is 0 Å². The first-order valence-corrected chi connectivity index (χ1v) is 6.42. The predicted octanol–water partition coefficient (Wildman–Crippen LogP) is 2.83. The van der Waals surface area contributed by atoms with Crippen LogP contribution in [-0.2, 0) is 4.74 Å². The predicted molar refractivity (Wildman–Crippen MR) is 65.1 cm³/mol. The fraction of sp³-hybridized carbons (Fsp3) is 1.00. The Hall–Kier alpha value is -0.0800. The minimum Gasteiger partial charge on any atom is -0.377 e. The first kappa shape index (κ1) is 13.0. The molecule has 0 aromatic heterocycles. The third kappa shape index (κ3) is 4.52. The van der Waals surface area contributed by atoms with Crippen LogP contribution >= 0.6 is 0 Å². The smallest absolute Gasteiger partial charge is 0.0625 e. The minimum absolute atomic E-state index is 0.350. The summed E-state index contributed by atoms with van der Waals surface area (Å²) in [6.45, 7) is 7.45. The molecule has 1 N–H and O–H groups in total. The normalized spacial score (nSPS) is 29.4. The van der Waals surface area contributed by atoms with E-state index in [1.807, 2.05) is 0 Å². The van der Waals surface area contributed by atoms with Gasteiger partial charge in [-0.2, -0.15) is 0 Å². The highest BCUT2D eigenvalue weighted by atomic mass is 16.5. The zero-order valence-electron chi connectivity index (χ0n) is 10.8. The van der Waals surface area contributed by atoms with Gasteiger partial charge >= 0.3 is 0 Å². The summed E-state index contributed by atoms with van der Waals surface area (Å²) in [7, 11) is 2.06. The Morgan fingerprint density at radius 2 is 1.80 bits per heavy atom. The lowest BCUT2D eigenvalue weighted by Crippen LogP contribution is -2.40. The Bertz CT molecular complexity index is 162. The van der Waals surface area contributed by atoms with Gasteiger partial charge in [0.05, 0.1) is 12.7 Å². The fourth-order valence-corrected chi connectivity index (χ4v) is 2.44. The molecular weight excluding hydrogens is 186 g/mol. The molecule has 0 amide bonds. The van der Waals surface area contributed by atoms with Gasteiger partial charge in [0.2, 0.25) is 0 Å². The molecule has 0 aliphatic heterocycles. The third-order valence-corrected chi connectivity index (χ3v) is 3.61. The largest absolute Gasteiger partial charge is 0.377 e. The van der Waals surface area contributed by atoms with Crippen LogP contribution in [-0.4, -0.2) is 25.8 Å². The molecule has 15 heavy (non-hydrogen) atoms. The molecule has 0 bridgehead atoms. The summed E-state index contributed by atoms with van der Waals surface area (Å²) in [6.07, 6.45) is 5.88. The molecule has 0 saturated heterocycles. The molecule has 1 fully saturated rings. The van der Waals surface area contributed by atoms with Crippen LogP contribution in [0.2, 0.25) is 0 Å². The zero-order chi connectivity index (χ0) is 11.3. The van der Waals surface area contributed by atoms with Gasteiger partial charge in [-0.25, -0.2) is 0 Å². The van der Waals surface area contributed by atoms with E-state index in [1.54, 1.807) is 0 Å². The van der Waals surface area contributed by atoms with E-state index in [2.05, 4.69) is 33.1 Å². The third-order valence-electron chi connectivity index (χ3n) is 3.61. The summed E-state index contributed by atoms with van der Waals surface area (Å²) in [4.78, 5) is 0. The molecule has 0 aromatic rings. The van der Waals surface area contributed by atoms with Gasteiger partial charge in [0, 0.05) is 6.04 Å². The van der Waals surface area contributed by atoms with Gasteiger partial charge < -0.3 is 10.1 Å². The SMILES string of the molecule is CNC(COC(C)C)C1CCC(C)CC1. The van der Waals surface area contributed by atoms with Gasteiger partial charge in [-0.05, 0) is 45.6 Å². The van der Waals surface area contributed by atoms with Crippen LogP contribution in [0.25, 0.3) is 0 Å². The number of rotatable bonds is 5. The Morgan fingerprint density at radius 1 is 1.20 bits per heavy atom. The first-order chi connectivity index (χ1) is 7.13. The Morgan fingerprint density at radius 3 is 2.27 bits per heavy atom. The highest BCUT2D eigenvalue weighted by Crippen LogP contribution is 2.30. The molecule has 90 valence electrons. The van der Waals surface area contributed by atoms with Gasteiger partial charge in [0.25, 0.3) is 0 Å². The molecule has 2 heteroatoms. The van der Waals surface area contributed by atoms with Gasteiger partial charge in [-0.15, -0.1) is 0 Å². The van der Waals surface area contributed by atoms with Crippen molar-refractivity contribution in [2.45, 2.75) is 58.6 Å². The maximum atomic E-state index is 5.71. The van der Waals surface area contributed by atoms with Crippen LogP contribution in [0, 0.1) is 11.8 Å². The molecule has 1 rings (SSSR count). The lowest BCUT2D eigenvalue weighted by Gasteiger charge is -2.32. The van der Waals surface area contributed by atoms with Crippen molar-refractivity contribution < 1.29 is 4.74 Å². The van der Waals surface area contributed by atoms with E-state index in [0.29, 0.717) is 12.1 Å². The van der Waals surface area contributed by atoms with Crippen molar-refractivity contribution in [3.8, 4) is 0 Å².